The van der Waals surface area contributed by atoms with Crippen molar-refractivity contribution in [1.82, 2.24) is 4.98 Å². The van der Waals surface area contributed by atoms with Crippen molar-refractivity contribution in [3.8, 4) is 0 Å². The van der Waals surface area contributed by atoms with Crippen LogP contribution in [0.1, 0.15) is 12.6 Å². The molecule has 2 N–H and O–H groups in total. The molecule has 3 nitrogen and oxygen atoms in total. The molecule has 0 aliphatic carbocycles. The van der Waals surface area contributed by atoms with Crippen molar-refractivity contribution < 1.29 is 0 Å². The third-order valence-corrected chi connectivity index (χ3v) is 2.16. The van der Waals surface area contributed by atoms with Gasteiger partial charge >= 0.3 is 0 Å². The van der Waals surface area contributed by atoms with E-state index in [0.717, 1.165) is 22.3 Å². The molecule has 2 rings (SSSR count). The predicted molar refractivity (Wildman–Crippen MR) is 58.1 cm³/mol. The average molecular weight is 185 g/mol. The molecule has 0 saturated heterocycles. The largest absolute Gasteiger partial charge is 0.323 e. The van der Waals surface area contributed by atoms with E-state index in [1.807, 2.05) is 43.3 Å². The van der Waals surface area contributed by atoms with Gasteiger partial charge in [0.15, 0.2) is 0 Å². The van der Waals surface area contributed by atoms with E-state index < -0.39 is 0 Å². The first-order valence-corrected chi connectivity index (χ1v) is 4.42. The second kappa shape index (κ2) is 3.46. The summed E-state index contributed by atoms with van der Waals surface area (Å²) in [6.45, 7) is 1.84. The first-order valence-electron chi connectivity index (χ1n) is 4.42. The number of rotatable bonds is 1. The maximum atomic E-state index is 5.20. The van der Waals surface area contributed by atoms with Crippen LogP contribution < -0.4 is 5.84 Å². The highest BCUT2D eigenvalue weighted by Gasteiger charge is 1.99. The third kappa shape index (κ3) is 1.44. The summed E-state index contributed by atoms with van der Waals surface area (Å²) in [5, 5.41) is 4.75. The van der Waals surface area contributed by atoms with Crippen molar-refractivity contribution in [2.45, 2.75) is 6.92 Å². The molecular weight excluding hydrogens is 174 g/mol. The van der Waals surface area contributed by atoms with Gasteiger partial charge in [-0.25, -0.2) is 4.98 Å². The second-order valence-corrected chi connectivity index (χ2v) is 3.10. The number of hydrogen-bond donors (Lipinski definition) is 1. The van der Waals surface area contributed by atoms with Crippen LogP contribution in [0.5, 0.6) is 0 Å². The maximum absolute atomic E-state index is 5.20. The smallest absolute Gasteiger partial charge is 0.0867 e. The molecule has 2 aromatic rings. The highest BCUT2D eigenvalue weighted by atomic mass is 15.1. The van der Waals surface area contributed by atoms with Gasteiger partial charge in [0.2, 0.25) is 0 Å². The lowest BCUT2D eigenvalue weighted by Crippen LogP contribution is -2.01. The standard InChI is InChI=1S/C11H11N3/c1-8(14-12)10-7-6-9-4-2-3-5-11(9)13-10/h2-7H,12H2,1H3. The van der Waals surface area contributed by atoms with Gasteiger partial charge in [-0.05, 0) is 19.1 Å². The first-order chi connectivity index (χ1) is 6.81. The second-order valence-electron chi connectivity index (χ2n) is 3.10. The van der Waals surface area contributed by atoms with E-state index in [2.05, 4.69) is 10.1 Å². The summed E-state index contributed by atoms with van der Waals surface area (Å²) in [7, 11) is 0. The van der Waals surface area contributed by atoms with Crippen LogP contribution >= 0.6 is 0 Å². The van der Waals surface area contributed by atoms with Crippen molar-refractivity contribution in [1.29, 1.82) is 0 Å². The fraction of sp³-hybridized carbons (Fsp3) is 0.0909. The van der Waals surface area contributed by atoms with E-state index in [-0.39, 0.29) is 0 Å². The van der Waals surface area contributed by atoms with Crippen LogP contribution in [-0.2, 0) is 0 Å². The molecule has 3 heteroatoms. The Hall–Kier alpha value is -1.90. The topological polar surface area (TPSA) is 51.3 Å². The Labute approximate surface area is 82.3 Å². The van der Waals surface area contributed by atoms with Gasteiger partial charge in [0.05, 0.1) is 16.9 Å². The number of benzene rings is 1. The highest BCUT2D eigenvalue weighted by molar-refractivity contribution is 5.98. The zero-order valence-electron chi connectivity index (χ0n) is 7.94. The first kappa shape index (κ1) is 8.69. The Balaban J connectivity index is 2.62. The number of hydrogen-bond acceptors (Lipinski definition) is 3. The van der Waals surface area contributed by atoms with Crippen molar-refractivity contribution in [2.75, 3.05) is 0 Å². The zero-order valence-corrected chi connectivity index (χ0v) is 7.94. The quantitative estimate of drug-likeness (QED) is 0.419. The van der Waals surface area contributed by atoms with Gasteiger partial charge in [0, 0.05) is 5.39 Å². The molecule has 0 radical (unpaired) electrons. The minimum Gasteiger partial charge on any atom is -0.323 e. The molecule has 70 valence electrons. The van der Waals surface area contributed by atoms with Crippen LogP contribution in [-0.4, -0.2) is 10.7 Å². The summed E-state index contributed by atoms with van der Waals surface area (Å²) in [5.74, 6) is 5.20. The van der Waals surface area contributed by atoms with Crippen LogP contribution in [0.3, 0.4) is 0 Å². The summed E-state index contributed by atoms with van der Waals surface area (Å²) in [6, 6.07) is 11.9. The Bertz CT molecular complexity index is 489. The van der Waals surface area contributed by atoms with E-state index in [4.69, 9.17) is 5.84 Å². The van der Waals surface area contributed by atoms with E-state index in [0.29, 0.717) is 0 Å². The molecule has 1 heterocycles. The highest BCUT2D eigenvalue weighted by Crippen LogP contribution is 2.11. The summed E-state index contributed by atoms with van der Waals surface area (Å²) in [6.07, 6.45) is 0. The number of nitrogens with two attached hydrogens (primary N) is 1. The number of para-hydroxylation sites is 1. The van der Waals surface area contributed by atoms with Crippen LogP contribution in [0.4, 0.5) is 0 Å². The van der Waals surface area contributed by atoms with Gasteiger partial charge < -0.3 is 5.84 Å². The van der Waals surface area contributed by atoms with Crippen molar-refractivity contribution in [3.05, 3.63) is 42.1 Å². The molecule has 14 heavy (non-hydrogen) atoms. The lowest BCUT2D eigenvalue weighted by Gasteiger charge is -2.00. The summed E-state index contributed by atoms with van der Waals surface area (Å²) < 4.78 is 0. The number of aromatic nitrogens is 1. The lowest BCUT2D eigenvalue weighted by molar-refractivity contribution is 1.22. The molecule has 0 fully saturated rings. The molecule has 0 spiro atoms. The van der Waals surface area contributed by atoms with Gasteiger partial charge in [-0.1, -0.05) is 24.3 Å². The van der Waals surface area contributed by atoms with E-state index in [9.17, 15) is 0 Å². The normalized spacial score (nSPS) is 11.9. The average Bonchev–Trinajstić information content (AvgIpc) is 2.27. The monoisotopic (exact) mass is 185 g/mol. The van der Waals surface area contributed by atoms with Crippen LogP contribution in [0.25, 0.3) is 10.9 Å². The Morgan fingerprint density at radius 1 is 1.21 bits per heavy atom. The van der Waals surface area contributed by atoms with Crippen LogP contribution in [0.15, 0.2) is 41.5 Å². The lowest BCUT2D eigenvalue weighted by atomic mass is 10.2. The molecule has 0 unspecified atom stereocenters. The molecule has 0 bridgehead atoms. The fourth-order valence-electron chi connectivity index (χ4n) is 1.33. The minimum absolute atomic E-state index is 0.746. The predicted octanol–water partition coefficient (Wildman–Crippen LogP) is 1.92. The van der Waals surface area contributed by atoms with Gasteiger partial charge in [-0.15, -0.1) is 0 Å². The van der Waals surface area contributed by atoms with Crippen molar-refractivity contribution in [2.24, 2.45) is 10.9 Å². The number of nitrogens with zero attached hydrogens (tertiary/aromatic N) is 2. The van der Waals surface area contributed by atoms with Crippen molar-refractivity contribution in [3.63, 3.8) is 0 Å². The molecule has 1 aromatic heterocycles. The number of fused-ring (bicyclic) bond motifs is 1. The summed E-state index contributed by atoms with van der Waals surface area (Å²) >= 11 is 0. The van der Waals surface area contributed by atoms with Gasteiger partial charge in [0.25, 0.3) is 0 Å². The molecule has 0 aliphatic rings. The zero-order chi connectivity index (χ0) is 9.97. The third-order valence-electron chi connectivity index (χ3n) is 2.16. The van der Waals surface area contributed by atoms with Crippen LogP contribution in [0.2, 0.25) is 0 Å². The maximum Gasteiger partial charge on any atom is 0.0867 e. The number of hydrazone groups is 1. The Morgan fingerprint density at radius 2 is 2.00 bits per heavy atom. The van der Waals surface area contributed by atoms with E-state index in [1.165, 1.54) is 0 Å². The van der Waals surface area contributed by atoms with Gasteiger partial charge in [0.1, 0.15) is 0 Å². The van der Waals surface area contributed by atoms with Crippen molar-refractivity contribution >= 4 is 16.6 Å². The minimum atomic E-state index is 0.746. The van der Waals surface area contributed by atoms with Crippen LogP contribution in [0, 0.1) is 0 Å². The molecule has 0 atom stereocenters. The fourth-order valence-corrected chi connectivity index (χ4v) is 1.33. The molecule has 0 saturated carbocycles. The Morgan fingerprint density at radius 3 is 2.79 bits per heavy atom. The summed E-state index contributed by atoms with van der Waals surface area (Å²) in [4.78, 5) is 4.44. The number of pyridine rings is 1. The summed E-state index contributed by atoms with van der Waals surface area (Å²) in [5.41, 5.74) is 2.54. The SMILES string of the molecule is CC(=NN)c1ccc2ccccc2n1. The van der Waals surface area contributed by atoms with Gasteiger partial charge in [-0.2, -0.15) is 5.10 Å². The molecular formula is C11H11N3. The molecule has 0 aliphatic heterocycles. The van der Waals surface area contributed by atoms with E-state index >= 15 is 0 Å². The molecule has 0 amide bonds. The molecule has 1 aromatic carbocycles. The van der Waals surface area contributed by atoms with Gasteiger partial charge in [-0.3, -0.25) is 0 Å². The Kier molecular flexibility index (Phi) is 2.14. The van der Waals surface area contributed by atoms with E-state index in [1.54, 1.807) is 0 Å².